The smallest absolute Gasteiger partial charge is 0.257 e. The Morgan fingerprint density at radius 1 is 0.857 bits per heavy atom. The average molecular weight is 372 g/mol. The number of carbonyl (C=O) groups excluding carboxylic acids is 1. The maximum Gasteiger partial charge on any atom is 0.257 e. The zero-order chi connectivity index (χ0) is 15.7. The number of rotatable bonds is 2. The van der Waals surface area contributed by atoms with Crippen molar-refractivity contribution in [1.29, 1.82) is 0 Å². The first-order valence-electron chi connectivity index (χ1n) is 6.29. The summed E-state index contributed by atoms with van der Waals surface area (Å²) < 4.78 is 65.9. The van der Waals surface area contributed by atoms with Crippen molar-refractivity contribution in [3.63, 3.8) is 0 Å². The van der Waals surface area contributed by atoms with Gasteiger partial charge in [-0.2, -0.15) is 0 Å². The highest BCUT2D eigenvalue weighted by atomic mass is 79.9. The molecule has 1 fully saturated rings. The number of carbonyl (C=O) groups is 1. The van der Waals surface area contributed by atoms with Crippen LogP contribution >= 0.6 is 15.9 Å². The SMILES string of the molecule is O=C(NC1CCC(Br)CC1)c1c(F)c(F)c(F)c(F)c1F. The maximum absolute atomic E-state index is 13.5. The van der Waals surface area contributed by atoms with Crippen molar-refractivity contribution in [2.24, 2.45) is 0 Å². The monoisotopic (exact) mass is 371 g/mol. The third-order valence-electron chi connectivity index (χ3n) is 3.43. The molecule has 0 bridgehead atoms. The van der Waals surface area contributed by atoms with Gasteiger partial charge in [-0.15, -0.1) is 0 Å². The summed E-state index contributed by atoms with van der Waals surface area (Å²) in [5, 5.41) is 2.32. The van der Waals surface area contributed by atoms with Crippen LogP contribution in [0, 0.1) is 29.1 Å². The quantitative estimate of drug-likeness (QED) is 0.364. The molecule has 0 atom stereocenters. The van der Waals surface area contributed by atoms with E-state index in [0.29, 0.717) is 17.7 Å². The Morgan fingerprint density at radius 2 is 1.29 bits per heavy atom. The first kappa shape index (κ1) is 16.2. The van der Waals surface area contributed by atoms with E-state index in [2.05, 4.69) is 21.2 Å². The van der Waals surface area contributed by atoms with Gasteiger partial charge in [-0.1, -0.05) is 15.9 Å². The van der Waals surface area contributed by atoms with Crippen molar-refractivity contribution in [1.82, 2.24) is 5.32 Å². The van der Waals surface area contributed by atoms with Gasteiger partial charge in [-0.05, 0) is 25.7 Å². The summed E-state index contributed by atoms with van der Waals surface area (Å²) in [6, 6.07) is -0.346. The minimum Gasteiger partial charge on any atom is -0.349 e. The highest BCUT2D eigenvalue weighted by molar-refractivity contribution is 9.09. The van der Waals surface area contributed by atoms with Crippen LogP contribution < -0.4 is 5.32 Å². The second kappa shape index (κ2) is 6.29. The van der Waals surface area contributed by atoms with E-state index in [1.165, 1.54) is 0 Å². The van der Waals surface area contributed by atoms with E-state index in [-0.39, 0.29) is 6.04 Å². The lowest BCUT2D eigenvalue weighted by Crippen LogP contribution is -2.39. The number of hydrogen-bond acceptors (Lipinski definition) is 1. The zero-order valence-corrected chi connectivity index (χ0v) is 12.2. The number of hydrogen-bond donors (Lipinski definition) is 1. The molecule has 1 N–H and O–H groups in total. The molecule has 1 aromatic carbocycles. The van der Waals surface area contributed by atoms with Crippen LogP contribution in [0.15, 0.2) is 0 Å². The molecule has 0 heterocycles. The summed E-state index contributed by atoms with van der Waals surface area (Å²) in [7, 11) is 0. The Morgan fingerprint density at radius 3 is 1.76 bits per heavy atom. The fourth-order valence-electron chi connectivity index (χ4n) is 2.26. The molecular formula is C13H11BrF5NO. The summed E-state index contributed by atoms with van der Waals surface area (Å²) in [6.45, 7) is 0. The van der Waals surface area contributed by atoms with Crippen molar-refractivity contribution in [3.05, 3.63) is 34.6 Å². The summed E-state index contributed by atoms with van der Waals surface area (Å²) in [5.74, 6) is -12.0. The standard InChI is InChI=1S/C13H11BrF5NO/c14-5-1-3-6(4-2-5)20-13(21)7-8(15)10(17)12(19)11(18)9(7)16/h5-6H,1-4H2,(H,20,21). The van der Waals surface area contributed by atoms with Crippen LogP contribution in [-0.4, -0.2) is 16.8 Å². The lowest BCUT2D eigenvalue weighted by atomic mass is 9.95. The second-order valence-corrected chi connectivity index (χ2v) is 6.16. The molecule has 0 aromatic heterocycles. The van der Waals surface area contributed by atoms with Gasteiger partial charge in [-0.25, -0.2) is 22.0 Å². The Bertz CT molecular complexity index is 543. The Balaban J connectivity index is 2.24. The van der Waals surface area contributed by atoms with E-state index >= 15 is 0 Å². The third kappa shape index (κ3) is 3.20. The summed E-state index contributed by atoms with van der Waals surface area (Å²) in [6.07, 6.45) is 2.64. The summed E-state index contributed by atoms with van der Waals surface area (Å²) >= 11 is 3.40. The fraction of sp³-hybridized carbons (Fsp3) is 0.462. The minimum absolute atomic E-state index is 0.305. The van der Waals surface area contributed by atoms with Crippen LogP contribution in [0.25, 0.3) is 0 Å². The molecule has 21 heavy (non-hydrogen) atoms. The van der Waals surface area contributed by atoms with Crippen LogP contribution in [0.2, 0.25) is 0 Å². The molecule has 0 unspecified atom stereocenters. The van der Waals surface area contributed by atoms with Crippen molar-refractivity contribution >= 4 is 21.8 Å². The van der Waals surface area contributed by atoms with Gasteiger partial charge >= 0.3 is 0 Å². The van der Waals surface area contributed by atoms with Crippen LogP contribution in [-0.2, 0) is 0 Å². The highest BCUT2D eigenvalue weighted by Gasteiger charge is 2.31. The van der Waals surface area contributed by atoms with Gasteiger partial charge in [-0.3, -0.25) is 4.79 Å². The second-order valence-electron chi connectivity index (χ2n) is 4.87. The predicted molar refractivity (Wildman–Crippen MR) is 68.7 cm³/mol. The minimum atomic E-state index is -2.28. The van der Waals surface area contributed by atoms with Gasteiger partial charge in [0.2, 0.25) is 5.82 Å². The van der Waals surface area contributed by atoms with Crippen molar-refractivity contribution in [3.8, 4) is 0 Å². The number of nitrogens with one attached hydrogen (secondary N) is 1. The molecule has 1 saturated carbocycles. The molecule has 1 aliphatic rings. The molecule has 0 aliphatic heterocycles. The van der Waals surface area contributed by atoms with E-state index in [9.17, 15) is 26.7 Å². The molecule has 1 amide bonds. The van der Waals surface area contributed by atoms with Crippen molar-refractivity contribution in [2.45, 2.75) is 36.6 Å². The first-order valence-corrected chi connectivity index (χ1v) is 7.20. The molecule has 1 aromatic rings. The molecule has 2 nitrogen and oxygen atoms in total. The average Bonchev–Trinajstić information content (AvgIpc) is 2.46. The lowest BCUT2D eigenvalue weighted by Gasteiger charge is -2.26. The predicted octanol–water partition coefficient (Wildman–Crippen LogP) is 3.82. The van der Waals surface area contributed by atoms with Crippen LogP contribution in [0.1, 0.15) is 36.0 Å². The molecule has 0 radical (unpaired) electrons. The van der Waals surface area contributed by atoms with E-state index in [1.807, 2.05) is 0 Å². The summed E-state index contributed by atoms with van der Waals surface area (Å²) in [5.41, 5.74) is -1.44. The van der Waals surface area contributed by atoms with E-state index in [0.717, 1.165) is 12.8 Å². The van der Waals surface area contributed by atoms with Crippen LogP contribution in [0.4, 0.5) is 22.0 Å². The molecule has 0 saturated heterocycles. The van der Waals surface area contributed by atoms with Gasteiger partial charge in [0.1, 0.15) is 5.56 Å². The number of alkyl halides is 1. The van der Waals surface area contributed by atoms with Gasteiger partial charge in [0, 0.05) is 10.9 Å². The maximum atomic E-state index is 13.5. The van der Waals surface area contributed by atoms with E-state index < -0.39 is 40.6 Å². The molecular weight excluding hydrogens is 361 g/mol. The molecule has 1 aliphatic carbocycles. The van der Waals surface area contributed by atoms with Crippen LogP contribution in [0.5, 0.6) is 0 Å². The van der Waals surface area contributed by atoms with E-state index in [1.54, 1.807) is 0 Å². The highest BCUT2D eigenvalue weighted by Crippen LogP contribution is 2.26. The van der Waals surface area contributed by atoms with Gasteiger partial charge in [0.25, 0.3) is 5.91 Å². The number of halogens is 6. The first-order chi connectivity index (χ1) is 9.82. The topological polar surface area (TPSA) is 29.1 Å². The van der Waals surface area contributed by atoms with Gasteiger partial charge < -0.3 is 5.32 Å². The molecule has 8 heteroatoms. The normalized spacial score (nSPS) is 22.2. The van der Waals surface area contributed by atoms with E-state index in [4.69, 9.17) is 0 Å². The number of benzene rings is 1. The van der Waals surface area contributed by atoms with Crippen molar-refractivity contribution < 1.29 is 26.7 Å². The molecule has 116 valence electrons. The zero-order valence-electron chi connectivity index (χ0n) is 10.7. The largest absolute Gasteiger partial charge is 0.349 e. The van der Waals surface area contributed by atoms with Crippen LogP contribution in [0.3, 0.4) is 0 Å². The third-order valence-corrected chi connectivity index (χ3v) is 4.34. The molecule has 2 rings (SSSR count). The van der Waals surface area contributed by atoms with Gasteiger partial charge in [0.15, 0.2) is 23.3 Å². The van der Waals surface area contributed by atoms with Crippen molar-refractivity contribution in [2.75, 3.05) is 0 Å². The summed E-state index contributed by atoms with van der Waals surface area (Å²) in [4.78, 5) is 12.1. The fourth-order valence-corrected chi connectivity index (χ4v) is 2.79. The Labute approximate surface area is 125 Å². The Kier molecular flexibility index (Phi) is 4.85. The number of amides is 1. The lowest BCUT2D eigenvalue weighted by molar-refractivity contribution is 0.0916. The Hall–Kier alpha value is -1.18. The van der Waals surface area contributed by atoms with Gasteiger partial charge in [0.05, 0.1) is 0 Å². The molecule has 0 spiro atoms.